The number of nitro benzene ring substituents is 1. The molecule has 0 spiro atoms. The Morgan fingerprint density at radius 2 is 1.83 bits per heavy atom. The van der Waals surface area contributed by atoms with E-state index in [0.717, 1.165) is 5.56 Å². The van der Waals surface area contributed by atoms with E-state index in [4.69, 9.17) is 11.6 Å². The monoisotopic (exact) mass is 416 g/mol. The molecule has 3 rings (SSSR count). The molecule has 1 saturated heterocycles. The molecule has 0 unspecified atom stereocenters. The SMILES string of the molecule is CNC(=O)c1cc([N+](=O)[O-])ccc1N1CCN(C(=O)Cc2ccccc2Cl)CC1. The summed E-state index contributed by atoms with van der Waals surface area (Å²) in [4.78, 5) is 39.1. The molecule has 0 saturated carbocycles. The van der Waals surface area contributed by atoms with Crippen LogP contribution in [0.1, 0.15) is 15.9 Å². The Hall–Kier alpha value is -3.13. The van der Waals surface area contributed by atoms with Crippen LogP contribution in [-0.4, -0.2) is 54.9 Å². The Kier molecular flexibility index (Phi) is 6.33. The van der Waals surface area contributed by atoms with Crippen molar-refractivity contribution in [2.24, 2.45) is 0 Å². The van der Waals surface area contributed by atoms with Gasteiger partial charge >= 0.3 is 0 Å². The number of nitrogens with one attached hydrogen (secondary N) is 1. The van der Waals surface area contributed by atoms with Gasteiger partial charge in [-0.2, -0.15) is 0 Å². The van der Waals surface area contributed by atoms with Gasteiger partial charge in [-0.25, -0.2) is 0 Å². The molecule has 0 bridgehead atoms. The first-order chi connectivity index (χ1) is 13.9. The van der Waals surface area contributed by atoms with Crippen LogP contribution in [0.5, 0.6) is 0 Å². The first-order valence-corrected chi connectivity index (χ1v) is 9.55. The molecule has 1 aliphatic heterocycles. The highest BCUT2D eigenvalue weighted by Gasteiger charge is 2.25. The molecule has 2 amide bonds. The highest BCUT2D eigenvalue weighted by molar-refractivity contribution is 6.31. The second kappa shape index (κ2) is 8.91. The first kappa shape index (κ1) is 20.6. The molecule has 0 radical (unpaired) electrons. The highest BCUT2D eigenvalue weighted by Crippen LogP contribution is 2.27. The third-order valence-electron chi connectivity index (χ3n) is 4.94. The van der Waals surface area contributed by atoms with E-state index in [9.17, 15) is 19.7 Å². The summed E-state index contributed by atoms with van der Waals surface area (Å²) in [6, 6.07) is 11.5. The van der Waals surface area contributed by atoms with Crippen molar-refractivity contribution in [1.29, 1.82) is 0 Å². The van der Waals surface area contributed by atoms with Crippen LogP contribution in [0.25, 0.3) is 0 Å². The van der Waals surface area contributed by atoms with Crippen LogP contribution in [0.3, 0.4) is 0 Å². The number of rotatable bonds is 5. The smallest absolute Gasteiger partial charge is 0.270 e. The van der Waals surface area contributed by atoms with Gasteiger partial charge in [0.2, 0.25) is 5.91 Å². The number of halogens is 1. The number of hydrogen-bond acceptors (Lipinski definition) is 5. The van der Waals surface area contributed by atoms with Crippen molar-refractivity contribution in [2.75, 3.05) is 38.1 Å². The molecule has 152 valence electrons. The van der Waals surface area contributed by atoms with E-state index in [1.54, 1.807) is 17.0 Å². The molecule has 0 aromatic heterocycles. The van der Waals surface area contributed by atoms with Crippen LogP contribution < -0.4 is 10.2 Å². The molecule has 0 atom stereocenters. The van der Waals surface area contributed by atoms with Gasteiger partial charge in [0, 0.05) is 50.4 Å². The number of anilines is 1. The summed E-state index contributed by atoms with van der Waals surface area (Å²) in [5.41, 5.74) is 1.52. The molecule has 2 aromatic rings. The minimum atomic E-state index is -0.526. The second-order valence-electron chi connectivity index (χ2n) is 6.67. The summed E-state index contributed by atoms with van der Waals surface area (Å²) in [5, 5.41) is 14.1. The largest absolute Gasteiger partial charge is 0.367 e. The van der Waals surface area contributed by atoms with Crippen LogP contribution in [0, 0.1) is 10.1 Å². The van der Waals surface area contributed by atoms with Crippen LogP contribution in [0.15, 0.2) is 42.5 Å². The molecular weight excluding hydrogens is 396 g/mol. The molecule has 29 heavy (non-hydrogen) atoms. The molecule has 0 aliphatic carbocycles. The predicted molar refractivity (Wildman–Crippen MR) is 110 cm³/mol. The lowest BCUT2D eigenvalue weighted by Gasteiger charge is -2.37. The summed E-state index contributed by atoms with van der Waals surface area (Å²) in [7, 11) is 1.48. The predicted octanol–water partition coefficient (Wildman–Crippen LogP) is 2.50. The number of nitrogens with zero attached hydrogens (tertiary/aromatic N) is 3. The first-order valence-electron chi connectivity index (χ1n) is 9.17. The van der Waals surface area contributed by atoms with E-state index >= 15 is 0 Å². The molecule has 2 aromatic carbocycles. The quantitative estimate of drug-likeness (QED) is 0.596. The fourth-order valence-corrected chi connectivity index (χ4v) is 3.55. The Bertz CT molecular complexity index is 942. The normalized spacial score (nSPS) is 13.9. The van der Waals surface area contributed by atoms with Gasteiger partial charge in [0.25, 0.3) is 11.6 Å². The van der Waals surface area contributed by atoms with E-state index in [2.05, 4.69) is 5.32 Å². The van der Waals surface area contributed by atoms with Crippen LogP contribution >= 0.6 is 11.6 Å². The van der Waals surface area contributed by atoms with E-state index < -0.39 is 4.92 Å². The summed E-state index contributed by atoms with van der Waals surface area (Å²) < 4.78 is 0. The van der Waals surface area contributed by atoms with E-state index in [0.29, 0.717) is 36.9 Å². The van der Waals surface area contributed by atoms with Crippen molar-refractivity contribution in [3.63, 3.8) is 0 Å². The number of carbonyl (C=O) groups is 2. The maximum absolute atomic E-state index is 12.6. The molecule has 1 aliphatic rings. The number of amides is 2. The number of benzene rings is 2. The van der Waals surface area contributed by atoms with Gasteiger partial charge in [0.15, 0.2) is 0 Å². The standard InChI is InChI=1S/C20H21ClN4O4/c1-22-20(27)16-13-15(25(28)29)6-7-18(16)23-8-10-24(11-9-23)19(26)12-14-4-2-3-5-17(14)21/h2-7,13H,8-12H2,1H3,(H,22,27). The topological polar surface area (TPSA) is 95.8 Å². The minimum Gasteiger partial charge on any atom is -0.367 e. The fourth-order valence-electron chi connectivity index (χ4n) is 3.34. The molecular formula is C20H21ClN4O4. The third-order valence-corrected chi connectivity index (χ3v) is 5.30. The Labute approximate surface area is 173 Å². The van der Waals surface area contributed by atoms with Gasteiger partial charge in [-0.15, -0.1) is 0 Å². The average molecular weight is 417 g/mol. The van der Waals surface area contributed by atoms with E-state index in [1.807, 2.05) is 23.1 Å². The Balaban J connectivity index is 1.70. The van der Waals surface area contributed by atoms with Crippen molar-refractivity contribution in [3.8, 4) is 0 Å². The summed E-state index contributed by atoms with van der Waals surface area (Å²) in [6.07, 6.45) is 0.237. The molecule has 8 nitrogen and oxygen atoms in total. The minimum absolute atomic E-state index is 0.00651. The van der Waals surface area contributed by atoms with Crippen LogP contribution in [0.4, 0.5) is 11.4 Å². The van der Waals surface area contributed by atoms with Crippen molar-refractivity contribution in [2.45, 2.75) is 6.42 Å². The van der Waals surface area contributed by atoms with Gasteiger partial charge in [-0.05, 0) is 17.7 Å². The maximum atomic E-state index is 12.6. The van der Waals surface area contributed by atoms with Gasteiger partial charge < -0.3 is 15.1 Å². The summed E-state index contributed by atoms with van der Waals surface area (Å²) in [5.74, 6) is -0.395. The molecule has 1 heterocycles. The molecule has 1 N–H and O–H groups in total. The average Bonchev–Trinajstić information content (AvgIpc) is 2.74. The second-order valence-corrected chi connectivity index (χ2v) is 7.08. The van der Waals surface area contributed by atoms with E-state index in [-0.39, 0.29) is 29.5 Å². The Morgan fingerprint density at radius 3 is 2.45 bits per heavy atom. The molecule has 1 fully saturated rings. The van der Waals surface area contributed by atoms with Gasteiger partial charge in [-0.1, -0.05) is 29.8 Å². The zero-order valence-electron chi connectivity index (χ0n) is 15.9. The van der Waals surface area contributed by atoms with Crippen molar-refractivity contribution in [3.05, 3.63) is 68.7 Å². The van der Waals surface area contributed by atoms with Crippen molar-refractivity contribution in [1.82, 2.24) is 10.2 Å². The third kappa shape index (κ3) is 4.65. The van der Waals surface area contributed by atoms with Gasteiger partial charge in [0.05, 0.1) is 22.6 Å². The van der Waals surface area contributed by atoms with Crippen LogP contribution in [-0.2, 0) is 11.2 Å². The number of non-ortho nitro benzene ring substituents is 1. The lowest BCUT2D eigenvalue weighted by atomic mass is 10.1. The number of piperazine rings is 1. The van der Waals surface area contributed by atoms with E-state index in [1.165, 1.54) is 19.2 Å². The fraction of sp³-hybridized carbons (Fsp3) is 0.300. The van der Waals surface area contributed by atoms with Crippen LogP contribution in [0.2, 0.25) is 5.02 Å². The summed E-state index contributed by atoms with van der Waals surface area (Å²) >= 11 is 6.14. The van der Waals surface area contributed by atoms with Crippen molar-refractivity contribution < 1.29 is 14.5 Å². The zero-order valence-corrected chi connectivity index (χ0v) is 16.7. The van der Waals surface area contributed by atoms with Crippen molar-refractivity contribution >= 4 is 34.8 Å². The summed E-state index contributed by atoms with van der Waals surface area (Å²) in [6.45, 7) is 2.03. The lowest BCUT2D eigenvalue weighted by molar-refractivity contribution is -0.384. The lowest BCUT2D eigenvalue weighted by Crippen LogP contribution is -2.49. The Morgan fingerprint density at radius 1 is 1.14 bits per heavy atom. The van der Waals surface area contributed by atoms with Gasteiger partial charge in [0.1, 0.15) is 0 Å². The maximum Gasteiger partial charge on any atom is 0.270 e. The number of nitro groups is 1. The van der Waals surface area contributed by atoms with Gasteiger partial charge in [-0.3, -0.25) is 19.7 Å². The number of carbonyl (C=O) groups excluding carboxylic acids is 2. The zero-order chi connectivity index (χ0) is 21.0. The number of hydrogen-bond donors (Lipinski definition) is 1. The molecule has 9 heteroatoms. The highest BCUT2D eigenvalue weighted by atomic mass is 35.5.